The lowest BCUT2D eigenvalue weighted by molar-refractivity contribution is 0.374. The first-order valence-corrected chi connectivity index (χ1v) is 7.07. The number of thioether (sulfide) groups is 1. The van der Waals surface area contributed by atoms with Crippen LogP contribution in [0.4, 0.5) is 0 Å². The zero-order chi connectivity index (χ0) is 12.8. The molecule has 2 aromatic rings. The molecule has 0 aliphatic heterocycles. The van der Waals surface area contributed by atoms with Gasteiger partial charge >= 0.3 is 0 Å². The molecule has 0 bridgehead atoms. The second kappa shape index (κ2) is 6.54. The van der Waals surface area contributed by atoms with Gasteiger partial charge in [0.15, 0.2) is 5.82 Å². The van der Waals surface area contributed by atoms with Gasteiger partial charge in [0.2, 0.25) is 5.89 Å². The molecule has 2 heterocycles. The Morgan fingerprint density at radius 3 is 3.00 bits per heavy atom. The fourth-order valence-electron chi connectivity index (χ4n) is 1.52. The Hall–Kier alpha value is -1.36. The molecule has 4 nitrogen and oxygen atoms in total. The van der Waals surface area contributed by atoms with Crippen molar-refractivity contribution in [3.63, 3.8) is 0 Å². The third-order valence-corrected chi connectivity index (χ3v) is 3.56. The van der Waals surface area contributed by atoms with Gasteiger partial charge in [-0.25, -0.2) is 4.98 Å². The predicted molar refractivity (Wildman–Crippen MR) is 71.4 cm³/mol. The number of rotatable bonds is 6. The van der Waals surface area contributed by atoms with Crippen LogP contribution in [0, 0.1) is 0 Å². The van der Waals surface area contributed by atoms with E-state index >= 15 is 0 Å². The predicted octanol–water partition coefficient (Wildman–Crippen LogP) is 3.66. The van der Waals surface area contributed by atoms with Gasteiger partial charge in [-0.15, -0.1) is 0 Å². The van der Waals surface area contributed by atoms with Crippen LogP contribution in [0.25, 0.3) is 0 Å². The Bertz CT molecular complexity index is 472. The minimum absolute atomic E-state index is 0.128. The van der Waals surface area contributed by atoms with E-state index in [0.29, 0.717) is 5.89 Å². The Balaban J connectivity index is 1.96. The van der Waals surface area contributed by atoms with E-state index in [1.54, 1.807) is 18.0 Å². The van der Waals surface area contributed by atoms with Gasteiger partial charge in [0.1, 0.15) is 0 Å². The Morgan fingerprint density at radius 1 is 1.39 bits per heavy atom. The van der Waals surface area contributed by atoms with Crippen LogP contribution in [0.5, 0.6) is 0 Å². The highest BCUT2D eigenvalue weighted by atomic mass is 32.2. The molecule has 0 spiro atoms. The molecule has 1 unspecified atom stereocenters. The second-order valence-electron chi connectivity index (χ2n) is 4.08. The molecule has 0 saturated heterocycles. The molecule has 0 aliphatic rings. The molecule has 2 rings (SSSR count). The van der Waals surface area contributed by atoms with Crippen molar-refractivity contribution in [3.8, 4) is 0 Å². The van der Waals surface area contributed by atoms with Gasteiger partial charge in [-0.05, 0) is 25.5 Å². The molecule has 0 radical (unpaired) electrons. The van der Waals surface area contributed by atoms with Gasteiger partial charge in [-0.3, -0.25) is 0 Å². The van der Waals surface area contributed by atoms with E-state index in [4.69, 9.17) is 4.52 Å². The lowest BCUT2D eigenvalue weighted by atomic mass is 10.2. The van der Waals surface area contributed by atoms with Crippen molar-refractivity contribution < 1.29 is 4.52 Å². The standard InChI is InChI=1S/C13H17N3OS/c1-3-4-7-11-15-13(17-16-11)10(2)18-12-8-5-6-9-14-12/h5-6,8-10H,3-4,7H2,1-2H3. The molecule has 0 saturated carbocycles. The first-order valence-electron chi connectivity index (χ1n) is 6.19. The van der Waals surface area contributed by atoms with E-state index in [2.05, 4.69) is 29.0 Å². The van der Waals surface area contributed by atoms with E-state index < -0.39 is 0 Å². The van der Waals surface area contributed by atoms with Crippen molar-refractivity contribution in [2.75, 3.05) is 0 Å². The third kappa shape index (κ3) is 3.57. The molecule has 0 aromatic carbocycles. The average molecular weight is 263 g/mol. The fourth-order valence-corrected chi connectivity index (χ4v) is 2.36. The number of aryl methyl sites for hydroxylation is 1. The summed E-state index contributed by atoms with van der Waals surface area (Å²) in [5, 5.41) is 5.09. The number of hydrogen-bond acceptors (Lipinski definition) is 5. The van der Waals surface area contributed by atoms with Crippen LogP contribution < -0.4 is 0 Å². The topological polar surface area (TPSA) is 51.8 Å². The maximum absolute atomic E-state index is 5.29. The average Bonchev–Trinajstić information content (AvgIpc) is 2.86. The van der Waals surface area contributed by atoms with Gasteiger partial charge in [0.05, 0.1) is 10.3 Å². The van der Waals surface area contributed by atoms with Crippen LogP contribution in [0.2, 0.25) is 0 Å². The van der Waals surface area contributed by atoms with Crippen molar-refractivity contribution in [2.24, 2.45) is 0 Å². The first-order chi connectivity index (χ1) is 8.79. The van der Waals surface area contributed by atoms with Crippen molar-refractivity contribution in [1.82, 2.24) is 15.1 Å². The molecule has 0 amide bonds. The largest absolute Gasteiger partial charge is 0.338 e. The molecule has 0 fully saturated rings. The lowest BCUT2D eigenvalue weighted by Crippen LogP contribution is -1.92. The molecule has 96 valence electrons. The third-order valence-electron chi connectivity index (χ3n) is 2.52. The van der Waals surface area contributed by atoms with Gasteiger partial charge in [0.25, 0.3) is 0 Å². The van der Waals surface area contributed by atoms with Gasteiger partial charge in [0, 0.05) is 12.6 Å². The quantitative estimate of drug-likeness (QED) is 0.744. The van der Waals surface area contributed by atoms with Gasteiger partial charge in [-0.1, -0.05) is 36.3 Å². The summed E-state index contributed by atoms with van der Waals surface area (Å²) in [6, 6.07) is 5.86. The minimum Gasteiger partial charge on any atom is -0.338 e. The van der Waals surface area contributed by atoms with Crippen LogP contribution in [-0.2, 0) is 6.42 Å². The van der Waals surface area contributed by atoms with Crippen LogP contribution in [0.1, 0.15) is 43.7 Å². The maximum Gasteiger partial charge on any atom is 0.239 e. The zero-order valence-electron chi connectivity index (χ0n) is 10.7. The minimum atomic E-state index is 0.128. The number of hydrogen-bond donors (Lipinski definition) is 0. The SMILES string of the molecule is CCCCc1noc(C(C)Sc2ccccn2)n1. The van der Waals surface area contributed by atoms with E-state index in [-0.39, 0.29) is 5.25 Å². The van der Waals surface area contributed by atoms with E-state index in [1.807, 2.05) is 18.2 Å². The Kier molecular flexibility index (Phi) is 4.75. The molecule has 1 atom stereocenters. The molecule has 0 N–H and O–H groups in total. The highest BCUT2D eigenvalue weighted by Crippen LogP contribution is 2.32. The van der Waals surface area contributed by atoms with Gasteiger partial charge < -0.3 is 4.52 Å². The number of aromatic nitrogens is 3. The molecule has 2 aromatic heterocycles. The van der Waals surface area contributed by atoms with Crippen molar-refractivity contribution in [3.05, 3.63) is 36.1 Å². The van der Waals surface area contributed by atoms with E-state index in [0.717, 1.165) is 30.1 Å². The molecular formula is C13H17N3OS. The summed E-state index contributed by atoms with van der Waals surface area (Å²) in [6.45, 7) is 4.21. The molecule has 0 aliphatic carbocycles. The smallest absolute Gasteiger partial charge is 0.239 e. The van der Waals surface area contributed by atoms with Crippen LogP contribution in [0.3, 0.4) is 0 Å². The fraction of sp³-hybridized carbons (Fsp3) is 0.462. The summed E-state index contributed by atoms with van der Waals surface area (Å²) in [5.74, 6) is 1.48. The van der Waals surface area contributed by atoms with Crippen LogP contribution in [0.15, 0.2) is 33.9 Å². The second-order valence-corrected chi connectivity index (χ2v) is 5.44. The van der Waals surface area contributed by atoms with Gasteiger partial charge in [-0.2, -0.15) is 4.98 Å². The summed E-state index contributed by atoms with van der Waals surface area (Å²) in [5.41, 5.74) is 0. The van der Waals surface area contributed by atoms with Crippen LogP contribution >= 0.6 is 11.8 Å². The normalized spacial score (nSPS) is 12.6. The number of nitrogens with zero attached hydrogens (tertiary/aromatic N) is 3. The highest BCUT2D eigenvalue weighted by Gasteiger charge is 2.15. The molecule has 18 heavy (non-hydrogen) atoms. The van der Waals surface area contributed by atoms with Crippen LogP contribution in [-0.4, -0.2) is 15.1 Å². The molecular weight excluding hydrogens is 246 g/mol. The molecule has 5 heteroatoms. The van der Waals surface area contributed by atoms with Crippen molar-refractivity contribution in [2.45, 2.75) is 43.4 Å². The summed E-state index contributed by atoms with van der Waals surface area (Å²) in [7, 11) is 0. The summed E-state index contributed by atoms with van der Waals surface area (Å²) in [4.78, 5) is 8.69. The lowest BCUT2D eigenvalue weighted by Gasteiger charge is -2.04. The number of unbranched alkanes of at least 4 members (excludes halogenated alkanes) is 1. The number of pyridine rings is 1. The monoisotopic (exact) mass is 263 g/mol. The Labute approximate surface area is 111 Å². The van der Waals surface area contributed by atoms with Crippen molar-refractivity contribution >= 4 is 11.8 Å². The highest BCUT2D eigenvalue weighted by molar-refractivity contribution is 7.99. The summed E-state index contributed by atoms with van der Waals surface area (Å²) < 4.78 is 5.29. The Morgan fingerprint density at radius 2 is 2.28 bits per heavy atom. The van der Waals surface area contributed by atoms with Crippen molar-refractivity contribution in [1.29, 1.82) is 0 Å². The first kappa shape index (κ1) is 13.1. The summed E-state index contributed by atoms with van der Waals surface area (Å²) in [6.07, 6.45) is 4.92. The van der Waals surface area contributed by atoms with E-state index in [9.17, 15) is 0 Å². The van der Waals surface area contributed by atoms with E-state index in [1.165, 1.54) is 0 Å². The zero-order valence-corrected chi connectivity index (χ0v) is 11.5. The maximum atomic E-state index is 5.29. The summed E-state index contributed by atoms with van der Waals surface area (Å²) >= 11 is 1.63.